The summed E-state index contributed by atoms with van der Waals surface area (Å²) in [5.41, 5.74) is 1.18. The molecule has 5 heteroatoms. The molecule has 1 N–H and O–H groups in total. The maximum atomic E-state index is 6.18. The number of ether oxygens (including phenoxy) is 1. The Bertz CT molecular complexity index is 584. The van der Waals surface area contributed by atoms with E-state index in [9.17, 15) is 0 Å². The Morgan fingerprint density at radius 2 is 2.30 bits per heavy atom. The Hall–Kier alpha value is -1.46. The van der Waals surface area contributed by atoms with Crippen LogP contribution in [-0.2, 0) is 6.54 Å². The van der Waals surface area contributed by atoms with Crippen LogP contribution in [0.4, 0.5) is 0 Å². The van der Waals surface area contributed by atoms with Gasteiger partial charge in [0.15, 0.2) is 0 Å². The Labute approximate surface area is 123 Å². The van der Waals surface area contributed by atoms with Crippen LogP contribution in [0.5, 0.6) is 5.75 Å². The minimum absolute atomic E-state index is 0.113. The lowest BCUT2D eigenvalue weighted by Gasteiger charge is -2.31. The van der Waals surface area contributed by atoms with Crippen molar-refractivity contribution in [2.45, 2.75) is 30.5 Å². The lowest BCUT2D eigenvalue weighted by molar-refractivity contribution is 0.166. The van der Waals surface area contributed by atoms with Crippen LogP contribution in [0.25, 0.3) is 0 Å². The van der Waals surface area contributed by atoms with Crippen molar-refractivity contribution in [1.82, 2.24) is 15.1 Å². The normalized spacial score (nSPS) is 19.2. The second-order valence-corrected chi connectivity index (χ2v) is 5.81. The van der Waals surface area contributed by atoms with Crippen LogP contribution in [0, 0.1) is 0 Å². The van der Waals surface area contributed by atoms with Gasteiger partial charge in [0.1, 0.15) is 11.9 Å². The molecule has 2 atom stereocenters. The quantitative estimate of drug-likeness (QED) is 0.939. The zero-order valence-corrected chi connectivity index (χ0v) is 12.6. The number of fused-ring (bicyclic) bond motifs is 1. The van der Waals surface area contributed by atoms with Gasteiger partial charge in [-0.25, -0.2) is 0 Å². The average Bonchev–Trinajstić information content (AvgIpc) is 2.96. The second-order valence-electron chi connectivity index (χ2n) is 4.75. The van der Waals surface area contributed by atoms with E-state index in [0.29, 0.717) is 0 Å². The molecule has 2 unspecified atom stereocenters. The van der Waals surface area contributed by atoms with Gasteiger partial charge in [-0.1, -0.05) is 12.1 Å². The van der Waals surface area contributed by atoms with Crippen molar-refractivity contribution in [2.24, 2.45) is 0 Å². The smallest absolute Gasteiger partial charge is 0.133 e. The molecule has 1 aromatic heterocycles. The third-order valence-corrected chi connectivity index (χ3v) is 4.72. The summed E-state index contributed by atoms with van der Waals surface area (Å²) in [7, 11) is 1.98. The van der Waals surface area contributed by atoms with Crippen LogP contribution >= 0.6 is 11.8 Å². The standard InChI is InChI=1S/C15H19N3OS/c1-3-18-11(8-9-17-18)15(16-2)13-10-20-14-7-5-4-6-12(14)19-13/h4-9,13,15-16H,3,10H2,1-2H3. The number of thioether (sulfide) groups is 1. The highest BCUT2D eigenvalue weighted by molar-refractivity contribution is 7.99. The first-order chi connectivity index (χ1) is 9.83. The molecule has 0 fully saturated rings. The first-order valence-corrected chi connectivity index (χ1v) is 7.89. The minimum atomic E-state index is 0.113. The van der Waals surface area contributed by atoms with Gasteiger partial charge in [-0.05, 0) is 32.2 Å². The van der Waals surface area contributed by atoms with Gasteiger partial charge in [-0.2, -0.15) is 5.10 Å². The maximum Gasteiger partial charge on any atom is 0.133 e. The maximum absolute atomic E-state index is 6.18. The number of nitrogens with zero attached hydrogens (tertiary/aromatic N) is 2. The molecule has 3 rings (SSSR count). The molecule has 1 aromatic carbocycles. The predicted molar refractivity (Wildman–Crippen MR) is 81.3 cm³/mol. The monoisotopic (exact) mass is 289 g/mol. The van der Waals surface area contributed by atoms with Gasteiger partial charge < -0.3 is 10.1 Å². The summed E-state index contributed by atoms with van der Waals surface area (Å²) in [4.78, 5) is 1.22. The number of para-hydroxylation sites is 1. The van der Waals surface area contributed by atoms with Gasteiger partial charge >= 0.3 is 0 Å². The summed E-state index contributed by atoms with van der Waals surface area (Å²) >= 11 is 1.86. The number of benzene rings is 1. The SMILES string of the molecule is CCn1nccc1C(NC)C1CSc2ccccc2O1. The number of hydrogen-bond donors (Lipinski definition) is 1. The van der Waals surface area contributed by atoms with E-state index in [4.69, 9.17) is 4.74 Å². The first kappa shape index (κ1) is 13.5. The number of hydrogen-bond acceptors (Lipinski definition) is 4. The van der Waals surface area contributed by atoms with Crippen LogP contribution in [0.1, 0.15) is 18.7 Å². The molecule has 0 saturated heterocycles. The van der Waals surface area contributed by atoms with Gasteiger partial charge in [0.05, 0.1) is 11.7 Å². The molecule has 0 aliphatic carbocycles. The largest absolute Gasteiger partial charge is 0.486 e. The van der Waals surface area contributed by atoms with E-state index in [0.717, 1.165) is 18.0 Å². The van der Waals surface area contributed by atoms with Gasteiger partial charge in [0.25, 0.3) is 0 Å². The molecule has 0 amide bonds. The van der Waals surface area contributed by atoms with E-state index in [1.54, 1.807) is 0 Å². The Morgan fingerprint density at radius 3 is 3.10 bits per heavy atom. The number of rotatable bonds is 4. The molecule has 0 spiro atoms. The van der Waals surface area contributed by atoms with Crippen LogP contribution in [0.2, 0.25) is 0 Å². The number of nitrogens with one attached hydrogen (secondary N) is 1. The van der Waals surface area contributed by atoms with E-state index < -0.39 is 0 Å². The van der Waals surface area contributed by atoms with Crippen LogP contribution < -0.4 is 10.1 Å². The summed E-state index contributed by atoms with van der Waals surface area (Å²) in [6.45, 7) is 2.98. The molecule has 1 aliphatic rings. The predicted octanol–water partition coefficient (Wildman–Crippen LogP) is 2.72. The number of aromatic nitrogens is 2. The van der Waals surface area contributed by atoms with E-state index in [1.807, 2.05) is 41.8 Å². The number of likely N-dealkylation sites (N-methyl/N-ethyl adjacent to an activating group) is 1. The fourth-order valence-electron chi connectivity index (χ4n) is 2.60. The number of aryl methyl sites for hydroxylation is 1. The minimum Gasteiger partial charge on any atom is -0.486 e. The molecule has 106 valence electrons. The molecular weight excluding hydrogens is 270 g/mol. The highest BCUT2D eigenvalue weighted by Gasteiger charge is 2.30. The fraction of sp³-hybridized carbons (Fsp3) is 0.400. The molecule has 20 heavy (non-hydrogen) atoms. The van der Waals surface area contributed by atoms with Crippen LogP contribution in [0.3, 0.4) is 0 Å². The highest BCUT2D eigenvalue weighted by Crippen LogP contribution is 2.38. The topological polar surface area (TPSA) is 39.1 Å². The van der Waals surface area contributed by atoms with Crippen molar-refractivity contribution in [3.05, 3.63) is 42.2 Å². The summed E-state index contributed by atoms with van der Waals surface area (Å²) < 4.78 is 8.21. The highest BCUT2D eigenvalue weighted by atomic mass is 32.2. The Morgan fingerprint density at radius 1 is 1.45 bits per heavy atom. The van der Waals surface area contributed by atoms with E-state index in [1.165, 1.54) is 10.6 Å². The fourth-order valence-corrected chi connectivity index (χ4v) is 3.63. The molecule has 2 aromatic rings. The van der Waals surface area contributed by atoms with E-state index in [2.05, 4.69) is 35.5 Å². The van der Waals surface area contributed by atoms with Crippen LogP contribution in [0.15, 0.2) is 41.4 Å². The van der Waals surface area contributed by atoms with Crippen LogP contribution in [-0.4, -0.2) is 28.7 Å². The van der Waals surface area contributed by atoms with Crippen molar-refractivity contribution in [3.8, 4) is 5.75 Å². The van der Waals surface area contributed by atoms with Gasteiger partial charge in [-0.3, -0.25) is 4.68 Å². The molecule has 1 aliphatic heterocycles. The van der Waals surface area contributed by atoms with Crippen molar-refractivity contribution in [2.75, 3.05) is 12.8 Å². The van der Waals surface area contributed by atoms with Crippen molar-refractivity contribution < 1.29 is 4.74 Å². The zero-order valence-electron chi connectivity index (χ0n) is 11.7. The summed E-state index contributed by atoms with van der Waals surface area (Å²) in [5.74, 6) is 1.92. The van der Waals surface area contributed by atoms with Crippen molar-refractivity contribution in [3.63, 3.8) is 0 Å². The van der Waals surface area contributed by atoms with Gasteiger partial charge in [0, 0.05) is 23.4 Å². The lowest BCUT2D eigenvalue weighted by Crippen LogP contribution is -2.38. The average molecular weight is 289 g/mol. The first-order valence-electron chi connectivity index (χ1n) is 6.91. The molecule has 2 heterocycles. The summed E-state index contributed by atoms with van der Waals surface area (Å²) in [6, 6.07) is 10.4. The zero-order chi connectivity index (χ0) is 13.9. The van der Waals surface area contributed by atoms with Crippen molar-refractivity contribution in [1.29, 1.82) is 0 Å². The van der Waals surface area contributed by atoms with E-state index >= 15 is 0 Å². The molecule has 0 saturated carbocycles. The Kier molecular flexibility index (Phi) is 3.98. The summed E-state index contributed by atoms with van der Waals surface area (Å²) in [6.07, 6.45) is 1.97. The van der Waals surface area contributed by atoms with E-state index in [-0.39, 0.29) is 12.1 Å². The third-order valence-electron chi connectivity index (χ3n) is 3.58. The molecular formula is C15H19N3OS. The molecule has 0 bridgehead atoms. The third kappa shape index (κ3) is 2.43. The Balaban J connectivity index is 1.85. The summed E-state index contributed by atoms with van der Waals surface area (Å²) in [5, 5.41) is 7.74. The lowest BCUT2D eigenvalue weighted by atomic mass is 10.1. The van der Waals surface area contributed by atoms with Gasteiger partial charge in [-0.15, -0.1) is 11.8 Å². The van der Waals surface area contributed by atoms with Gasteiger partial charge in [0.2, 0.25) is 0 Å². The molecule has 4 nitrogen and oxygen atoms in total. The van der Waals surface area contributed by atoms with Crippen molar-refractivity contribution >= 4 is 11.8 Å². The molecule has 0 radical (unpaired) electrons. The second kappa shape index (κ2) is 5.89.